The zero-order chi connectivity index (χ0) is 14.8. The van der Waals surface area contributed by atoms with Crippen LogP contribution < -0.4 is 5.32 Å². The van der Waals surface area contributed by atoms with Crippen molar-refractivity contribution in [1.82, 2.24) is 14.9 Å². The molecule has 0 spiro atoms. The maximum atomic E-state index is 12.7. The average molecular weight is 283 g/mol. The van der Waals surface area contributed by atoms with E-state index in [2.05, 4.69) is 10.3 Å². The van der Waals surface area contributed by atoms with E-state index in [1.807, 2.05) is 18.5 Å². The van der Waals surface area contributed by atoms with Gasteiger partial charge >= 0.3 is 6.18 Å². The largest absolute Gasteiger partial charge is 0.416 e. The lowest BCUT2D eigenvalue weighted by Crippen LogP contribution is -2.13. The fraction of sp³-hybridized carbons (Fsp3) is 0.357. The van der Waals surface area contributed by atoms with E-state index in [4.69, 9.17) is 0 Å². The summed E-state index contributed by atoms with van der Waals surface area (Å²) in [5.74, 6) is 0.785. The predicted octanol–water partition coefficient (Wildman–Crippen LogP) is 2.98. The van der Waals surface area contributed by atoms with Gasteiger partial charge in [0.15, 0.2) is 0 Å². The summed E-state index contributed by atoms with van der Waals surface area (Å²) in [7, 11) is 1.82. The third kappa shape index (κ3) is 3.19. The van der Waals surface area contributed by atoms with Crippen molar-refractivity contribution in [3.8, 4) is 0 Å². The number of halogens is 3. The number of aryl methyl sites for hydroxylation is 1. The van der Waals surface area contributed by atoms with Crippen LogP contribution in [0, 0.1) is 6.92 Å². The Morgan fingerprint density at radius 3 is 2.70 bits per heavy atom. The number of benzene rings is 1. The molecule has 1 heterocycles. The summed E-state index contributed by atoms with van der Waals surface area (Å²) in [6, 6.07) is 5.39. The van der Waals surface area contributed by atoms with Crippen LogP contribution in [0.25, 0.3) is 0 Å². The highest BCUT2D eigenvalue weighted by atomic mass is 19.4. The summed E-state index contributed by atoms with van der Waals surface area (Å²) < 4.78 is 40.0. The molecule has 1 aromatic heterocycles. The van der Waals surface area contributed by atoms with Crippen LogP contribution in [0.3, 0.4) is 0 Å². The van der Waals surface area contributed by atoms with Gasteiger partial charge in [-0.25, -0.2) is 4.98 Å². The Balaban J connectivity index is 2.28. The Bertz CT molecular complexity index is 588. The van der Waals surface area contributed by atoms with Crippen molar-refractivity contribution in [3.05, 3.63) is 53.1 Å². The molecule has 0 unspecified atom stereocenters. The Hall–Kier alpha value is -1.82. The minimum absolute atomic E-state index is 0.382. The van der Waals surface area contributed by atoms with E-state index in [0.29, 0.717) is 18.7 Å². The third-order valence-corrected chi connectivity index (χ3v) is 3.09. The van der Waals surface area contributed by atoms with E-state index in [1.165, 1.54) is 12.1 Å². The summed E-state index contributed by atoms with van der Waals surface area (Å²) in [4.78, 5) is 4.20. The van der Waals surface area contributed by atoms with Gasteiger partial charge in [0.05, 0.1) is 11.3 Å². The summed E-state index contributed by atoms with van der Waals surface area (Å²) in [5, 5.41) is 3.02. The Kier molecular flexibility index (Phi) is 4.13. The van der Waals surface area contributed by atoms with Gasteiger partial charge < -0.3 is 9.88 Å². The van der Waals surface area contributed by atoms with Gasteiger partial charge in [0.25, 0.3) is 0 Å². The Morgan fingerprint density at radius 1 is 1.30 bits per heavy atom. The molecule has 20 heavy (non-hydrogen) atoms. The van der Waals surface area contributed by atoms with Crippen LogP contribution in [-0.4, -0.2) is 16.6 Å². The molecule has 0 bridgehead atoms. The lowest BCUT2D eigenvalue weighted by molar-refractivity contribution is -0.137. The zero-order valence-electron chi connectivity index (χ0n) is 11.3. The molecule has 1 N–H and O–H groups in total. The molecule has 0 aliphatic heterocycles. The first kappa shape index (κ1) is 14.6. The maximum absolute atomic E-state index is 12.7. The van der Waals surface area contributed by atoms with E-state index in [0.717, 1.165) is 17.6 Å². The molecule has 0 atom stereocenters. The van der Waals surface area contributed by atoms with Gasteiger partial charge in [0.1, 0.15) is 5.82 Å². The molecule has 2 rings (SSSR count). The first-order chi connectivity index (χ1) is 9.41. The molecule has 0 aliphatic carbocycles. The molecule has 0 saturated carbocycles. The predicted molar refractivity (Wildman–Crippen MR) is 70.3 cm³/mol. The van der Waals surface area contributed by atoms with Gasteiger partial charge in [-0.2, -0.15) is 13.2 Å². The molecule has 0 saturated heterocycles. The monoisotopic (exact) mass is 283 g/mol. The summed E-state index contributed by atoms with van der Waals surface area (Å²) in [5.41, 5.74) is 0.934. The maximum Gasteiger partial charge on any atom is 0.416 e. The lowest BCUT2D eigenvalue weighted by Gasteiger charge is -2.12. The van der Waals surface area contributed by atoms with E-state index in [1.54, 1.807) is 12.3 Å². The van der Waals surface area contributed by atoms with Crippen molar-refractivity contribution in [2.24, 2.45) is 0 Å². The number of aromatic nitrogens is 2. The molecule has 0 aliphatic rings. The van der Waals surface area contributed by atoms with Crippen molar-refractivity contribution >= 4 is 0 Å². The lowest BCUT2D eigenvalue weighted by atomic mass is 10.1. The third-order valence-electron chi connectivity index (χ3n) is 3.09. The minimum atomic E-state index is -4.31. The van der Waals surface area contributed by atoms with Gasteiger partial charge in [0.2, 0.25) is 0 Å². The van der Waals surface area contributed by atoms with Crippen molar-refractivity contribution in [2.45, 2.75) is 26.2 Å². The van der Waals surface area contributed by atoms with Gasteiger partial charge in [-0.15, -0.1) is 0 Å². The second-order valence-corrected chi connectivity index (χ2v) is 4.61. The minimum Gasteiger partial charge on any atom is -0.327 e. The fourth-order valence-corrected chi connectivity index (χ4v) is 2.08. The molecule has 6 heteroatoms. The number of hydrogen-bond donors (Lipinski definition) is 1. The number of rotatable bonds is 4. The van der Waals surface area contributed by atoms with Gasteiger partial charge in [-0.05, 0) is 31.7 Å². The van der Waals surface area contributed by atoms with Crippen molar-refractivity contribution in [2.75, 3.05) is 7.05 Å². The highest BCUT2D eigenvalue weighted by Gasteiger charge is 2.30. The molecule has 2 aromatic rings. The zero-order valence-corrected chi connectivity index (χ0v) is 11.3. The average Bonchev–Trinajstić information content (AvgIpc) is 2.71. The number of hydrogen-bond acceptors (Lipinski definition) is 2. The SMILES string of the molecule is CNCc1cnc(C)n1Cc1cccc(C(F)(F)F)c1. The van der Waals surface area contributed by atoms with Gasteiger partial charge in [0, 0.05) is 19.3 Å². The second kappa shape index (κ2) is 5.66. The molecule has 0 amide bonds. The van der Waals surface area contributed by atoms with Crippen LogP contribution in [0.15, 0.2) is 30.5 Å². The van der Waals surface area contributed by atoms with Crippen molar-refractivity contribution in [1.29, 1.82) is 0 Å². The number of nitrogens with one attached hydrogen (secondary N) is 1. The van der Waals surface area contributed by atoms with E-state index >= 15 is 0 Å². The van der Waals surface area contributed by atoms with E-state index in [9.17, 15) is 13.2 Å². The number of alkyl halides is 3. The van der Waals surface area contributed by atoms with Crippen molar-refractivity contribution < 1.29 is 13.2 Å². The van der Waals surface area contributed by atoms with Crippen LogP contribution in [0.1, 0.15) is 22.6 Å². The Labute approximate surface area is 115 Å². The Morgan fingerprint density at radius 2 is 2.05 bits per heavy atom. The van der Waals surface area contributed by atoms with E-state index < -0.39 is 11.7 Å². The van der Waals surface area contributed by atoms with E-state index in [-0.39, 0.29) is 0 Å². The normalized spacial score (nSPS) is 11.8. The topological polar surface area (TPSA) is 29.9 Å². The standard InChI is InChI=1S/C14H16F3N3/c1-10-19-8-13(7-18-2)20(10)9-11-4-3-5-12(6-11)14(15,16)17/h3-6,8,18H,7,9H2,1-2H3. The summed E-state index contributed by atoms with van der Waals surface area (Å²) >= 11 is 0. The number of imidazole rings is 1. The molecule has 108 valence electrons. The van der Waals surface area contributed by atoms with Crippen LogP contribution in [0.4, 0.5) is 13.2 Å². The molecular formula is C14H16F3N3. The highest BCUT2D eigenvalue weighted by molar-refractivity contribution is 5.26. The van der Waals surface area contributed by atoms with Crippen LogP contribution in [-0.2, 0) is 19.3 Å². The van der Waals surface area contributed by atoms with Gasteiger partial charge in [-0.1, -0.05) is 12.1 Å². The second-order valence-electron chi connectivity index (χ2n) is 4.61. The van der Waals surface area contributed by atoms with Gasteiger partial charge in [-0.3, -0.25) is 0 Å². The first-order valence-electron chi connectivity index (χ1n) is 6.23. The first-order valence-corrected chi connectivity index (χ1v) is 6.23. The molecule has 3 nitrogen and oxygen atoms in total. The smallest absolute Gasteiger partial charge is 0.327 e. The highest BCUT2D eigenvalue weighted by Crippen LogP contribution is 2.29. The molecule has 0 radical (unpaired) electrons. The van der Waals surface area contributed by atoms with Crippen LogP contribution in [0.5, 0.6) is 0 Å². The quantitative estimate of drug-likeness (QED) is 0.935. The molecular weight excluding hydrogens is 267 g/mol. The number of nitrogens with zero attached hydrogens (tertiary/aromatic N) is 2. The fourth-order valence-electron chi connectivity index (χ4n) is 2.08. The van der Waals surface area contributed by atoms with Crippen LogP contribution in [0.2, 0.25) is 0 Å². The molecule has 1 aromatic carbocycles. The summed E-state index contributed by atoms with van der Waals surface area (Å²) in [6.07, 6.45) is -2.58. The van der Waals surface area contributed by atoms with Crippen LogP contribution >= 0.6 is 0 Å². The molecule has 0 fully saturated rings. The van der Waals surface area contributed by atoms with Crippen molar-refractivity contribution in [3.63, 3.8) is 0 Å². The summed E-state index contributed by atoms with van der Waals surface area (Å²) in [6.45, 7) is 2.85.